The van der Waals surface area contributed by atoms with Crippen LogP contribution in [0.4, 0.5) is 0 Å². The summed E-state index contributed by atoms with van der Waals surface area (Å²) < 4.78 is 5.92. The number of likely N-dealkylation sites (N-methyl/N-ethyl adjacent to an activating group) is 1. The Morgan fingerprint density at radius 3 is 2.68 bits per heavy atom. The van der Waals surface area contributed by atoms with Crippen molar-refractivity contribution in [1.82, 2.24) is 5.32 Å². The van der Waals surface area contributed by atoms with E-state index in [0.29, 0.717) is 12.8 Å². The second-order valence-electron chi connectivity index (χ2n) is 5.37. The van der Waals surface area contributed by atoms with E-state index in [1.54, 1.807) is 7.05 Å². The summed E-state index contributed by atoms with van der Waals surface area (Å²) in [4.78, 5) is 11.3. The predicted octanol–water partition coefficient (Wildman–Crippen LogP) is 2.28. The van der Waals surface area contributed by atoms with Crippen LogP contribution in [0.2, 0.25) is 0 Å². The number of carboxylic acids is 1. The fourth-order valence-corrected chi connectivity index (χ4v) is 2.61. The molecule has 0 spiro atoms. The molecule has 0 aromatic heterocycles. The van der Waals surface area contributed by atoms with Crippen LogP contribution in [0.3, 0.4) is 0 Å². The molecular weight excluding hydrogens is 242 g/mol. The van der Waals surface area contributed by atoms with Crippen LogP contribution in [0.15, 0.2) is 18.2 Å². The monoisotopic (exact) mass is 263 g/mol. The Hall–Kier alpha value is -1.55. The van der Waals surface area contributed by atoms with E-state index < -0.39 is 11.5 Å². The molecular formula is C15H21NO3. The second-order valence-corrected chi connectivity index (χ2v) is 5.37. The first-order valence-electron chi connectivity index (χ1n) is 6.63. The van der Waals surface area contributed by atoms with E-state index in [2.05, 4.69) is 12.2 Å². The summed E-state index contributed by atoms with van der Waals surface area (Å²) in [6.07, 6.45) is 1.84. The predicted molar refractivity (Wildman–Crippen MR) is 73.6 cm³/mol. The molecule has 2 unspecified atom stereocenters. The molecule has 0 heterocycles. The number of hydrogen-bond acceptors (Lipinski definition) is 3. The highest BCUT2D eigenvalue weighted by molar-refractivity contribution is 5.79. The quantitative estimate of drug-likeness (QED) is 0.875. The Bertz CT molecular complexity index is 486. The summed E-state index contributed by atoms with van der Waals surface area (Å²) in [5.74, 6) is 0.0339. The van der Waals surface area contributed by atoms with Crippen LogP contribution in [-0.2, 0) is 4.79 Å². The second kappa shape index (κ2) is 5.21. The maximum atomic E-state index is 11.3. The van der Waals surface area contributed by atoms with E-state index in [1.165, 1.54) is 11.1 Å². The molecule has 0 saturated heterocycles. The molecule has 1 aromatic carbocycles. The maximum Gasteiger partial charge on any atom is 0.324 e. The van der Waals surface area contributed by atoms with Crippen LogP contribution < -0.4 is 10.1 Å². The van der Waals surface area contributed by atoms with Crippen molar-refractivity contribution in [3.63, 3.8) is 0 Å². The number of carboxylic acid groups (broad SMARTS) is 1. The number of aryl methyl sites for hydroxylation is 2. The number of ether oxygens (including phenoxy) is 1. The van der Waals surface area contributed by atoms with Crippen molar-refractivity contribution >= 4 is 5.97 Å². The molecule has 19 heavy (non-hydrogen) atoms. The number of carbonyl (C=O) groups is 1. The van der Waals surface area contributed by atoms with Crippen LogP contribution in [0.1, 0.15) is 30.4 Å². The molecule has 104 valence electrons. The number of nitrogens with one attached hydrogen (secondary N) is 1. The summed E-state index contributed by atoms with van der Waals surface area (Å²) in [5, 5.41) is 12.2. The number of rotatable bonds is 4. The SMILES string of the molecule is CNC1(C(=O)O)CCC(Oc2ccc(C)c(C)c2)C1. The molecule has 2 atom stereocenters. The van der Waals surface area contributed by atoms with Crippen molar-refractivity contribution in [1.29, 1.82) is 0 Å². The first kappa shape index (κ1) is 13.9. The lowest BCUT2D eigenvalue weighted by Gasteiger charge is -2.23. The van der Waals surface area contributed by atoms with Gasteiger partial charge in [0.1, 0.15) is 17.4 Å². The minimum atomic E-state index is -0.829. The van der Waals surface area contributed by atoms with Crippen molar-refractivity contribution in [3.05, 3.63) is 29.3 Å². The highest BCUT2D eigenvalue weighted by Crippen LogP contribution is 2.33. The van der Waals surface area contributed by atoms with Crippen molar-refractivity contribution < 1.29 is 14.6 Å². The van der Waals surface area contributed by atoms with Crippen LogP contribution in [0, 0.1) is 13.8 Å². The Morgan fingerprint density at radius 1 is 1.42 bits per heavy atom. The molecule has 0 radical (unpaired) electrons. The molecule has 4 nitrogen and oxygen atoms in total. The Labute approximate surface area is 113 Å². The van der Waals surface area contributed by atoms with Crippen LogP contribution >= 0.6 is 0 Å². The third-order valence-electron chi connectivity index (χ3n) is 4.14. The van der Waals surface area contributed by atoms with Gasteiger partial charge in [-0.05, 0) is 57.0 Å². The van der Waals surface area contributed by atoms with Crippen molar-refractivity contribution in [3.8, 4) is 5.75 Å². The molecule has 1 aliphatic rings. The van der Waals surface area contributed by atoms with Gasteiger partial charge in [0.25, 0.3) is 0 Å². The lowest BCUT2D eigenvalue weighted by Crippen LogP contribution is -2.48. The molecule has 2 rings (SSSR count). The van der Waals surface area contributed by atoms with Gasteiger partial charge in [-0.25, -0.2) is 0 Å². The standard InChI is InChI=1S/C15H21NO3/c1-10-4-5-12(8-11(10)2)19-13-6-7-15(9-13,16-3)14(17)18/h4-5,8,13,16H,6-7,9H2,1-3H3,(H,17,18). The molecule has 2 N–H and O–H groups in total. The number of benzene rings is 1. The third-order valence-corrected chi connectivity index (χ3v) is 4.14. The summed E-state index contributed by atoms with van der Waals surface area (Å²) in [7, 11) is 1.70. The molecule has 1 saturated carbocycles. The Morgan fingerprint density at radius 2 is 2.16 bits per heavy atom. The average molecular weight is 263 g/mol. The zero-order chi connectivity index (χ0) is 14.0. The molecule has 1 aromatic rings. The highest BCUT2D eigenvalue weighted by Gasteiger charge is 2.45. The van der Waals surface area contributed by atoms with Gasteiger partial charge in [0.15, 0.2) is 0 Å². The fourth-order valence-electron chi connectivity index (χ4n) is 2.61. The summed E-state index contributed by atoms with van der Waals surface area (Å²) in [5.41, 5.74) is 1.59. The van der Waals surface area contributed by atoms with Crippen molar-refractivity contribution in [2.75, 3.05) is 7.05 Å². The highest BCUT2D eigenvalue weighted by atomic mass is 16.5. The lowest BCUT2D eigenvalue weighted by atomic mass is 9.98. The van der Waals surface area contributed by atoms with Crippen LogP contribution in [0.25, 0.3) is 0 Å². The first-order chi connectivity index (χ1) is 8.97. The van der Waals surface area contributed by atoms with E-state index in [1.807, 2.05) is 25.1 Å². The van der Waals surface area contributed by atoms with Gasteiger partial charge in [0.2, 0.25) is 0 Å². The van der Waals surface area contributed by atoms with E-state index >= 15 is 0 Å². The topological polar surface area (TPSA) is 58.6 Å². The smallest absolute Gasteiger partial charge is 0.324 e. The van der Waals surface area contributed by atoms with E-state index in [9.17, 15) is 9.90 Å². The zero-order valence-corrected chi connectivity index (χ0v) is 11.7. The van der Waals surface area contributed by atoms with Gasteiger partial charge in [0.05, 0.1) is 0 Å². The van der Waals surface area contributed by atoms with Gasteiger partial charge in [-0.15, -0.1) is 0 Å². The molecule has 1 aliphatic carbocycles. The Balaban J connectivity index is 2.05. The van der Waals surface area contributed by atoms with E-state index in [0.717, 1.165) is 12.2 Å². The summed E-state index contributed by atoms with van der Waals surface area (Å²) in [6, 6.07) is 5.99. The largest absolute Gasteiger partial charge is 0.490 e. The third kappa shape index (κ3) is 2.73. The number of hydrogen-bond donors (Lipinski definition) is 2. The van der Waals surface area contributed by atoms with Crippen molar-refractivity contribution in [2.45, 2.75) is 44.8 Å². The zero-order valence-electron chi connectivity index (χ0n) is 11.7. The van der Waals surface area contributed by atoms with E-state index in [4.69, 9.17) is 4.74 Å². The average Bonchev–Trinajstić information content (AvgIpc) is 2.79. The maximum absolute atomic E-state index is 11.3. The van der Waals surface area contributed by atoms with Crippen LogP contribution in [-0.4, -0.2) is 29.8 Å². The van der Waals surface area contributed by atoms with Gasteiger partial charge in [-0.2, -0.15) is 0 Å². The molecule has 0 aliphatic heterocycles. The summed E-state index contributed by atoms with van der Waals surface area (Å²) in [6.45, 7) is 4.11. The van der Waals surface area contributed by atoms with Gasteiger partial charge < -0.3 is 15.2 Å². The fraction of sp³-hybridized carbons (Fsp3) is 0.533. The minimum absolute atomic E-state index is 0.0364. The lowest BCUT2D eigenvalue weighted by molar-refractivity contribution is -0.144. The first-order valence-corrected chi connectivity index (χ1v) is 6.63. The van der Waals surface area contributed by atoms with Gasteiger partial charge in [-0.3, -0.25) is 4.79 Å². The molecule has 4 heteroatoms. The van der Waals surface area contributed by atoms with Crippen molar-refractivity contribution in [2.24, 2.45) is 0 Å². The molecule has 1 fully saturated rings. The van der Waals surface area contributed by atoms with Gasteiger partial charge in [-0.1, -0.05) is 6.07 Å². The van der Waals surface area contributed by atoms with Gasteiger partial charge >= 0.3 is 5.97 Å². The van der Waals surface area contributed by atoms with E-state index in [-0.39, 0.29) is 6.10 Å². The van der Waals surface area contributed by atoms with Gasteiger partial charge in [0, 0.05) is 6.42 Å². The van der Waals surface area contributed by atoms with Crippen LogP contribution in [0.5, 0.6) is 5.75 Å². The Kier molecular flexibility index (Phi) is 3.80. The minimum Gasteiger partial charge on any atom is -0.490 e. The molecule has 0 amide bonds. The summed E-state index contributed by atoms with van der Waals surface area (Å²) >= 11 is 0. The molecule has 0 bridgehead atoms. The normalized spacial score (nSPS) is 26.4. The number of aliphatic carboxylic acids is 1.